The highest BCUT2D eigenvalue weighted by molar-refractivity contribution is 5.90. The van der Waals surface area contributed by atoms with E-state index in [1.165, 1.54) is 10.5 Å². The maximum absolute atomic E-state index is 13.2. The lowest BCUT2D eigenvalue weighted by molar-refractivity contribution is -0.163. The van der Waals surface area contributed by atoms with Crippen molar-refractivity contribution in [3.8, 4) is 0 Å². The van der Waals surface area contributed by atoms with E-state index in [0.29, 0.717) is 19.4 Å². The fourth-order valence-corrected chi connectivity index (χ4v) is 3.60. The van der Waals surface area contributed by atoms with E-state index < -0.39 is 23.5 Å². The Kier molecular flexibility index (Phi) is 11.4. The summed E-state index contributed by atoms with van der Waals surface area (Å²) in [6, 6.07) is -0.591. The van der Waals surface area contributed by atoms with Crippen molar-refractivity contribution >= 4 is 17.8 Å². The Hall–Kier alpha value is -1.89. The fraction of sp³-hybridized carbons (Fsp3) is 0.800. The molecule has 1 saturated heterocycles. The van der Waals surface area contributed by atoms with Gasteiger partial charge in [0.05, 0.1) is 12.5 Å². The van der Waals surface area contributed by atoms with Crippen molar-refractivity contribution in [1.29, 1.82) is 0 Å². The van der Waals surface area contributed by atoms with Crippen LogP contribution in [-0.2, 0) is 19.1 Å². The Morgan fingerprint density at radius 1 is 1.25 bits per heavy atom. The highest BCUT2D eigenvalue weighted by Gasteiger charge is 2.42. The second-order valence-corrected chi connectivity index (χ2v) is 9.93. The van der Waals surface area contributed by atoms with Crippen LogP contribution >= 0.6 is 0 Å². The van der Waals surface area contributed by atoms with Gasteiger partial charge in [0.25, 0.3) is 5.91 Å². The third-order valence-electron chi connectivity index (χ3n) is 6.52. The highest BCUT2D eigenvalue weighted by Crippen LogP contribution is 2.27. The average Bonchev–Trinajstić information content (AvgIpc) is 2.79. The van der Waals surface area contributed by atoms with Gasteiger partial charge in [-0.25, -0.2) is 0 Å². The Morgan fingerprint density at radius 3 is 2.50 bits per heavy atom. The minimum Gasteiger partial charge on any atom is -0.465 e. The summed E-state index contributed by atoms with van der Waals surface area (Å²) in [6.45, 7) is 13.5. The molecule has 1 rings (SSSR count). The number of piperidine rings is 1. The number of hydrogen-bond donors (Lipinski definition) is 2. The zero-order valence-corrected chi connectivity index (χ0v) is 21.1. The van der Waals surface area contributed by atoms with Crippen LogP contribution in [0.1, 0.15) is 87.0 Å². The number of ether oxygens (including phenoxy) is 1. The van der Waals surface area contributed by atoms with Crippen LogP contribution in [0.4, 0.5) is 0 Å². The number of hydrogen-bond acceptors (Lipinski definition) is 5. The molecule has 1 heterocycles. The molecule has 0 spiro atoms. The number of allylic oxidation sites excluding steroid dienone is 2. The van der Waals surface area contributed by atoms with Crippen molar-refractivity contribution in [1.82, 2.24) is 10.2 Å². The minimum atomic E-state index is -1.37. The van der Waals surface area contributed by atoms with Crippen molar-refractivity contribution in [2.75, 3.05) is 13.2 Å². The van der Waals surface area contributed by atoms with E-state index in [4.69, 9.17) is 4.74 Å². The number of nitrogens with zero attached hydrogens (tertiary/aromatic N) is 1. The first-order valence-corrected chi connectivity index (χ1v) is 12.0. The molecule has 1 aliphatic rings. The van der Waals surface area contributed by atoms with Gasteiger partial charge in [0.2, 0.25) is 5.91 Å². The van der Waals surface area contributed by atoms with Gasteiger partial charge in [-0.2, -0.15) is 0 Å². The second kappa shape index (κ2) is 13.0. The SMILES string of the molecule is CC=C(C)CCC(C)NC(=O)C1CCCCN1C(=O)C(O)C(C)(C)COC(=O)C(C)CC. The maximum Gasteiger partial charge on any atom is 0.308 e. The van der Waals surface area contributed by atoms with Crippen LogP contribution in [0.15, 0.2) is 11.6 Å². The van der Waals surface area contributed by atoms with Crippen LogP contribution < -0.4 is 5.32 Å². The van der Waals surface area contributed by atoms with Gasteiger partial charge < -0.3 is 20.1 Å². The number of amides is 2. The normalized spacial score (nSPS) is 20.3. The van der Waals surface area contributed by atoms with Gasteiger partial charge in [0.1, 0.15) is 12.1 Å². The zero-order chi connectivity index (χ0) is 24.5. The molecule has 7 heteroatoms. The summed E-state index contributed by atoms with van der Waals surface area (Å²) in [5.41, 5.74) is 0.315. The maximum atomic E-state index is 13.2. The van der Waals surface area contributed by atoms with Crippen LogP contribution in [-0.4, -0.2) is 59.1 Å². The molecule has 0 radical (unpaired) electrons. The quantitative estimate of drug-likeness (QED) is 0.369. The van der Waals surface area contributed by atoms with Crippen LogP contribution in [0, 0.1) is 11.3 Å². The minimum absolute atomic E-state index is 0.00221. The molecule has 1 aliphatic heterocycles. The highest BCUT2D eigenvalue weighted by atomic mass is 16.5. The summed E-state index contributed by atoms with van der Waals surface area (Å²) in [6.07, 6.45) is 5.34. The van der Waals surface area contributed by atoms with E-state index in [1.54, 1.807) is 20.8 Å². The molecule has 0 bridgehead atoms. The molecule has 4 atom stereocenters. The Bertz CT molecular complexity index is 673. The largest absolute Gasteiger partial charge is 0.465 e. The number of nitrogens with one attached hydrogen (secondary N) is 1. The standard InChI is InChI=1S/C25H44N2O5/c1-8-17(3)13-14-19(5)26-22(29)20-12-10-11-15-27(20)23(30)21(28)25(6,7)16-32-24(31)18(4)9-2/h8,18-21,28H,9-16H2,1-7H3,(H,26,29). The van der Waals surface area contributed by atoms with Crippen LogP contribution in [0.2, 0.25) is 0 Å². The molecule has 184 valence electrons. The van der Waals surface area contributed by atoms with E-state index >= 15 is 0 Å². The number of carbonyl (C=O) groups excluding carboxylic acids is 3. The van der Waals surface area contributed by atoms with E-state index in [0.717, 1.165) is 25.7 Å². The number of esters is 1. The molecule has 2 amide bonds. The lowest BCUT2D eigenvalue weighted by atomic mass is 9.85. The predicted molar refractivity (Wildman–Crippen MR) is 126 cm³/mol. The lowest BCUT2D eigenvalue weighted by Gasteiger charge is -2.39. The number of carbonyl (C=O) groups is 3. The van der Waals surface area contributed by atoms with Crippen molar-refractivity contribution in [2.24, 2.45) is 11.3 Å². The number of likely N-dealkylation sites (tertiary alicyclic amines) is 1. The van der Waals surface area contributed by atoms with Gasteiger partial charge in [-0.05, 0) is 59.3 Å². The van der Waals surface area contributed by atoms with Crippen LogP contribution in [0.5, 0.6) is 0 Å². The Balaban J connectivity index is 2.78. The first kappa shape index (κ1) is 28.1. The fourth-order valence-electron chi connectivity index (χ4n) is 3.60. The third kappa shape index (κ3) is 8.23. The lowest BCUT2D eigenvalue weighted by Crippen LogP contribution is -2.58. The zero-order valence-electron chi connectivity index (χ0n) is 21.1. The first-order chi connectivity index (χ1) is 14.9. The van der Waals surface area contributed by atoms with Gasteiger partial charge in [-0.15, -0.1) is 0 Å². The van der Waals surface area contributed by atoms with Gasteiger partial charge >= 0.3 is 5.97 Å². The summed E-state index contributed by atoms with van der Waals surface area (Å²) in [7, 11) is 0. The molecular formula is C25H44N2O5. The van der Waals surface area contributed by atoms with Crippen molar-refractivity contribution in [2.45, 2.75) is 105 Å². The van der Waals surface area contributed by atoms with Gasteiger partial charge in [-0.3, -0.25) is 14.4 Å². The molecule has 0 saturated carbocycles. The second-order valence-electron chi connectivity index (χ2n) is 9.93. The molecule has 2 N–H and O–H groups in total. The smallest absolute Gasteiger partial charge is 0.308 e. The van der Waals surface area contributed by atoms with Gasteiger partial charge in [-0.1, -0.05) is 39.3 Å². The molecule has 32 heavy (non-hydrogen) atoms. The third-order valence-corrected chi connectivity index (χ3v) is 6.52. The summed E-state index contributed by atoms with van der Waals surface area (Å²) in [4.78, 5) is 39.7. The summed E-state index contributed by atoms with van der Waals surface area (Å²) in [5, 5.41) is 13.9. The van der Waals surface area contributed by atoms with Crippen molar-refractivity contribution in [3.63, 3.8) is 0 Å². The van der Waals surface area contributed by atoms with Gasteiger partial charge in [0.15, 0.2) is 0 Å². The summed E-state index contributed by atoms with van der Waals surface area (Å²) in [5.74, 6) is -1.21. The topological polar surface area (TPSA) is 95.9 Å². The predicted octanol–water partition coefficient (Wildman–Crippen LogP) is 3.60. The molecule has 4 unspecified atom stereocenters. The number of rotatable bonds is 11. The van der Waals surface area contributed by atoms with E-state index in [-0.39, 0.29) is 30.4 Å². The van der Waals surface area contributed by atoms with Crippen molar-refractivity contribution in [3.05, 3.63) is 11.6 Å². The van der Waals surface area contributed by atoms with E-state index in [1.807, 2.05) is 20.8 Å². The Morgan fingerprint density at radius 2 is 1.91 bits per heavy atom. The molecule has 7 nitrogen and oxygen atoms in total. The molecule has 0 aromatic heterocycles. The Labute approximate surface area is 194 Å². The number of aliphatic hydroxyl groups is 1. The summed E-state index contributed by atoms with van der Waals surface area (Å²) >= 11 is 0. The molecule has 0 aliphatic carbocycles. The van der Waals surface area contributed by atoms with Crippen LogP contribution in [0.3, 0.4) is 0 Å². The number of aliphatic hydroxyl groups excluding tert-OH is 1. The monoisotopic (exact) mass is 452 g/mol. The first-order valence-electron chi connectivity index (χ1n) is 12.0. The van der Waals surface area contributed by atoms with E-state index in [9.17, 15) is 19.5 Å². The van der Waals surface area contributed by atoms with Crippen LogP contribution in [0.25, 0.3) is 0 Å². The molecule has 1 fully saturated rings. The average molecular weight is 453 g/mol. The molecular weight excluding hydrogens is 408 g/mol. The molecule has 0 aromatic rings. The van der Waals surface area contributed by atoms with Gasteiger partial charge in [0, 0.05) is 18.0 Å². The van der Waals surface area contributed by atoms with Crippen molar-refractivity contribution < 1.29 is 24.2 Å². The van der Waals surface area contributed by atoms with E-state index in [2.05, 4.69) is 18.3 Å². The summed E-state index contributed by atoms with van der Waals surface area (Å²) < 4.78 is 5.35. The molecule has 0 aromatic carbocycles.